The van der Waals surface area contributed by atoms with Gasteiger partial charge in [-0.05, 0) is 31.0 Å². The molecule has 1 saturated heterocycles. The van der Waals surface area contributed by atoms with Crippen molar-refractivity contribution in [2.45, 2.75) is 18.9 Å². The van der Waals surface area contributed by atoms with E-state index in [1.165, 1.54) is 12.0 Å². The van der Waals surface area contributed by atoms with Crippen molar-refractivity contribution >= 4 is 39.6 Å². The monoisotopic (exact) mass is 394 g/mol. The Kier molecular flexibility index (Phi) is 4.40. The Balaban J connectivity index is 1.77. The minimum Gasteiger partial charge on any atom is -0.467 e. The van der Waals surface area contributed by atoms with E-state index in [-0.39, 0.29) is 17.7 Å². The van der Waals surface area contributed by atoms with Gasteiger partial charge in [-0.3, -0.25) is 19.3 Å². The number of ether oxygens (including phenoxy) is 1. The van der Waals surface area contributed by atoms with Gasteiger partial charge in [0.05, 0.1) is 18.2 Å². The number of amides is 3. The number of carbonyl (C=O) groups is 4. The van der Waals surface area contributed by atoms with Crippen molar-refractivity contribution in [3.05, 3.63) is 33.8 Å². The lowest BCUT2D eigenvalue weighted by atomic mass is 10.1. The van der Waals surface area contributed by atoms with E-state index in [9.17, 15) is 19.2 Å². The van der Waals surface area contributed by atoms with E-state index in [1.54, 1.807) is 18.2 Å². The summed E-state index contributed by atoms with van der Waals surface area (Å²) in [7, 11) is 1.27. The minimum absolute atomic E-state index is 0.271. The summed E-state index contributed by atoms with van der Waals surface area (Å²) in [6, 6.07) is 4.14. The summed E-state index contributed by atoms with van der Waals surface area (Å²) in [4.78, 5) is 51.3. The second-order valence-electron chi connectivity index (χ2n) is 5.65. The number of esters is 1. The van der Waals surface area contributed by atoms with Crippen LogP contribution in [0.1, 0.15) is 33.6 Å². The first-order valence-corrected chi connectivity index (χ1v) is 8.26. The van der Waals surface area contributed by atoms with E-state index in [1.807, 2.05) is 0 Å². The molecule has 0 spiro atoms. The van der Waals surface area contributed by atoms with Gasteiger partial charge in [-0.2, -0.15) is 0 Å². The number of hydrogen-bond donors (Lipinski definition) is 0. The molecule has 24 heavy (non-hydrogen) atoms. The molecule has 0 N–H and O–H groups in total. The van der Waals surface area contributed by atoms with Crippen LogP contribution in [0.5, 0.6) is 0 Å². The molecule has 8 heteroatoms. The molecule has 0 bridgehead atoms. The zero-order valence-corrected chi connectivity index (χ0v) is 14.5. The highest BCUT2D eigenvalue weighted by Crippen LogP contribution is 2.26. The SMILES string of the molecule is COC(=O)C1CCCN1C(=O)CN1C(=O)c2ccc(Br)cc2C1=O. The average molecular weight is 395 g/mol. The Labute approximate surface area is 146 Å². The summed E-state index contributed by atoms with van der Waals surface area (Å²) in [5, 5.41) is 0. The highest BCUT2D eigenvalue weighted by atomic mass is 79.9. The number of hydrogen-bond acceptors (Lipinski definition) is 5. The van der Waals surface area contributed by atoms with E-state index >= 15 is 0 Å². The standard InChI is InChI=1S/C16H15BrN2O5/c1-24-16(23)12-3-2-6-18(12)13(20)8-19-14(21)10-5-4-9(17)7-11(10)15(19)22/h4-5,7,12H,2-3,6,8H2,1H3. The second-order valence-corrected chi connectivity index (χ2v) is 6.57. The van der Waals surface area contributed by atoms with Crippen LogP contribution in [-0.2, 0) is 14.3 Å². The summed E-state index contributed by atoms with van der Waals surface area (Å²) in [6.07, 6.45) is 1.20. The topological polar surface area (TPSA) is 84.0 Å². The van der Waals surface area contributed by atoms with Gasteiger partial charge in [0.2, 0.25) is 5.91 Å². The predicted molar refractivity (Wildman–Crippen MR) is 86.3 cm³/mol. The van der Waals surface area contributed by atoms with Gasteiger partial charge in [0.1, 0.15) is 12.6 Å². The first-order valence-electron chi connectivity index (χ1n) is 7.47. The van der Waals surface area contributed by atoms with Crippen molar-refractivity contribution in [3.63, 3.8) is 0 Å². The molecule has 0 saturated carbocycles. The Morgan fingerprint density at radius 1 is 1.25 bits per heavy atom. The number of carbonyl (C=O) groups excluding carboxylic acids is 4. The van der Waals surface area contributed by atoms with Gasteiger partial charge in [-0.25, -0.2) is 4.79 Å². The third kappa shape index (κ3) is 2.71. The molecule has 126 valence electrons. The highest BCUT2D eigenvalue weighted by molar-refractivity contribution is 9.10. The fourth-order valence-electron chi connectivity index (χ4n) is 3.08. The van der Waals surface area contributed by atoms with Crippen molar-refractivity contribution in [2.24, 2.45) is 0 Å². The van der Waals surface area contributed by atoms with Crippen molar-refractivity contribution in [1.82, 2.24) is 9.80 Å². The summed E-state index contributed by atoms with van der Waals surface area (Å²) in [5.41, 5.74) is 0.551. The third-order valence-corrected chi connectivity index (χ3v) is 4.77. The molecular formula is C16H15BrN2O5. The van der Waals surface area contributed by atoms with Crippen LogP contribution in [0, 0.1) is 0 Å². The van der Waals surface area contributed by atoms with Crippen LogP contribution in [0.2, 0.25) is 0 Å². The van der Waals surface area contributed by atoms with Gasteiger partial charge in [0, 0.05) is 11.0 Å². The van der Waals surface area contributed by atoms with Crippen molar-refractivity contribution in [3.8, 4) is 0 Å². The molecule has 2 aliphatic heterocycles. The number of benzene rings is 1. The molecule has 0 aliphatic carbocycles. The lowest BCUT2D eigenvalue weighted by molar-refractivity contribution is -0.150. The van der Waals surface area contributed by atoms with Crippen LogP contribution >= 0.6 is 15.9 Å². The zero-order valence-electron chi connectivity index (χ0n) is 13.0. The third-order valence-electron chi connectivity index (χ3n) is 4.27. The Bertz CT molecular complexity index is 748. The molecule has 1 aromatic rings. The predicted octanol–water partition coefficient (Wildman–Crippen LogP) is 1.21. The van der Waals surface area contributed by atoms with Crippen LogP contribution in [-0.4, -0.2) is 59.7 Å². The second kappa shape index (κ2) is 6.35. The van der Waals surface area contributed by atoms with E-state index in [0.29, 0.717) is 23.9 Å². The van der Waals surface area contributed by atoms with Crippen LogP contribution in [0.3, 0.4) is 0 Å². The maximum atomic E-state index is 12.5. The molecule has 1 unspecified atom stereocenters. The number of fused-ring (bicyclic) bond motifs is 1. The molecule has 2 heterocycles. The first-order chi connectivity index (χ1) is 11.4. The molecule has 3 amide bonds. The lowest BCUT2D eigenvalue weighted by Crippen LogP contribution is -2.47. The quantitative estimate of drug-likeness (QED) is 0.568. The van der Waals surface area contributed by atoms with E-state index in [2.05, 4.69) is 15.9 Å². The van der Waals surface area contributed by atoms with Gasteiger partial charge in [0.15, 0.2) is 0 Å². The largest absolute Gasteiger partial charge is 0.467 e. The lowest BCUT2D eigenvalue weighted by Gasteiger charge is -2.24. The summed E-state index contributed by atoms with van der Waals surface area (Å²) >= 11 is 3.26. The number of methoxy groups -OCH3 is 1. The number of halogens is 1. The number of nitrogens with zero attached hydrogens (tertiary/aromatic N) is 2. The van der Waals surface area contributed by atoms with E-state index < -0.39 is 29.7 Å². The molecule has 3 rings (SSSR count). The average Bonchev–Trinajstić information content (AvgIpc) is 3.14. The summed E-state index contributed by atoms with van der Waals surface area (Å²) in [6.45, 7) is 0.0325. The smallest absolute Gasteiger partial charge is 0.328 e. The van der Waals surface area contributed by atoms with Crippen molar-refractivity contribution in [1.29, 1.82) is 0 Å². The Morgan fingerprint density at radius 3 is 2.67 bits per heavy atom. The number of rotatable bonds is 3. The van der Waals surface area contributed by atoms with E-state index in [4.69, 9.17) is 4.74 Å². The van der Waals surface area contributed by atoms with E-state index in [0.717, 1.165) is 4.90 Å². The van der Waals surface area contributed by atoms with Gasteiger partial charge >= 0.3 is 5.97 Å². The van der Waals surface area contributed by atoms with Crippen LogP contribution in [0.4, 0.5) is 0 Å². The number of likely N-dealkylation sites (tertiary alicyclic amines) is 1. The maximum Gasteiger partial charge on any atom is 0.328 e. The molecule has 0 aromatic heterocycles. The molecule has 1 aromatic carbocycles. The van der Waals surface area contributed by atoms with Crippen LogP contribution in [0.25, 0.3) is 0 Å². The molecule has 2 aliphatic rings. The van der Waals surface area contributed by atoms with Gasteiger partial charge in [-0.1, -0.05) is 15.9 Å². The fourth-order valence-corrected chi connectivity index (χ4v) is 3.44. The zero-order chi connectivity index (χ0) is 17.4. The normalized spacial score (nSPS) is 19.7. The molecular weight excluding hydrogens is 380 g/mol. The van der Waals surface area contributed by atoms with Gasteiger partial charge in [-0.15, -0.1) is 0 Å². The molecule has 7 nitrogen and oxygen atoms in total. The van der Waals surface area contributed by atoms with Crippen LogP contribution in [0.15, 0.2) is 22.7 Å². The highest BCUT2D eigenvalue weighted by Gasteiger charge is 2.40. The summed E-state index contributed by atoms with van der Waals surface area (Å²) in [5.74, 6) is -1.91. The molecule has 1 fully saturated rings. The Hall–Kier alpha value is -2.22. The van der Waals surface area contributed by atoms with Crippen LogP contribution < -0.4 is 0 Å². The molecule has 0 radical (unpaired) electrons. The Morgan fingerprint density at radius 2 is 1.96 bits per heavy atom. The minimum atomic E-state index is -0.646. The maximum absolute atomic E-state index is 12.5. The van der Waals surface area contributed by atoms with Gasteiger partial charge < -0.3 is 9.64 Å². The fraction of sp³-hybridized carbons (Fsp3) is 0.375. The first kappa shape index (κ1) is 16.6. The van der Waals surface area contributed by atoms with Gasteiger partial charge in [0.25, 0.3) is 11.8 Å². The summed E-state index contributed by atoms with van der Waals surface area (Å²) < 4.78 is 5.39. The number of imide groups is 1. The van der Waals surface area contributed by atoms with Crippen molar-refractivity contribution < 1.29 is 23.9 Å². The molecule has 1 atom stereocenters. The van der Waals surface area contributed by atoms with Crippen molar-refractivity contribution in [2.75, 3.05) is 20.2 Å².